The highest BCUT2D eigenvalue weighted by molar-refractivity contribution is 7.10. The summed E-state index contributed by atoms with van der Waals surface area (Å²) in [7, 11) is 2.08. The summed E-state index contributed by atoms with van der Waals surface area (Å²) in [6, 6.07) is 2.67. The van der Waals surface area contributed by atoms with Crippen molar-refractivity contribution in [3.8, 4) is 0 Å². The van der Waals surface area contributed by atoms with Crippen LogP contribution in [-0.4, -0.2) is 33.6 Å². The fraction of sp³-hybridized carbons (Fsp3) is 0.588. The normalized spacial score (nSPS) is 22.8. The van der Waals surface area contributed by atoms with Crippen LogP contribution in [0.4, 0.5) is 0 Å². The molecule has 2 fully saturated rings. The molecule has 1 atom stereocenters. The molecule has 0 radical (unpaired) electrons. The molecule has 2 aliphatic rings. The van der Waals surface area contributed by atoms with Crippen molar-refractivity contribution in [2.45, 2.75) is 38.4 Å². The summed E-state index contributed by atoms with van der Waals surface area (Å²) in [5.41, 5.74) is 0.528. The lowest BCUT2D eigenvalue weighted by Crippen LogP contribution is -2.36. The number of imidazole rings is 1. The van der Waals surface area contributed by atoms with Crippen molar-refractivity contribution in [1.29, 1.82) is 0 Å². The van der Waals surface area contributed by atoms with Gasteiger partial charge >= 0.3 is 0 Å². The smallest absolute Gasteiger partial charge is 0.122 e. The topological polar surface area (TPSA) is 33.1 Å². The van der Waals surface area contributed by atoms with Gasteiger partial charge < -0.3 is 9.88 Å². The molecular weight excluding hydrogens is 328 g/mol. The molecule has 1 aliphatic heterocycles. The molecule has 0 bridgehead atoms. The third-order valence-corrected chi connectivity index (χ3v) is 6.86. The number of rotatable bonds is 5. The summed E-state index contributed by atoms with van der Waals surface area (Å²) >= 11 is 8.11. The molecule has 124 valence electrons. The Bertz CT molecular complexity index is 631. The molecule has 0 amide bonds. The highest BCUT2D eigenvalue weighted by atomic mass is 35.5. The number of thiophene rings is 1. The molecule has 1 aliphatic carbocycles. The molecule has 1 N–H and O–H groups in total. The molecule has 1 saturated heterocycles. The van der Waals surface area contributed by atoms with E-state index in [0.717, 1.165) is 37.0 Å². The Morgan fingerprint density at radius 2 is 2.26 bits per heavy atom. The molecule has 23 heavy (non-hydrogen) atoms. The largest absolute Gasteiger partial charge is 0.337 e. The molecule has 4 rings (SSSR count). The molecule has 0 aromatic carbocycles. The van der Waals surface area contributed by atoms with Crippen LogP contribution in [0.15, 0.2) is 23.8 Å². The van der Waals surface area contributed by atoms with Gasteiger partial charge in [-0.15, -0.1) is 11.3 Å². The van der Waals surface area contributed by atoms with Crippen molar-refractivity contribution in [3.63, 3.8) is 0 Å². The van der Waals surface area contributed by atoms with Crippen LogP contribution < -0.4 is 5.32 Å². The summed E-state index contributed by atoms with van der Waals surface area (Å²) in [6.07, 6.45) is 7.83. The van der Waals surface area contributed by atoms with E-state index >= 15 is 0 Å². The Labute approximate surface area is 146 Å². The first-order valence-electron chi connectivity index (χ1n) is 8.31. The minimum atomic E-state index is 0.528. The quantitative estimate of drug-likeness (QED) is 0.898. The van der Waals surface area contributed by atoms with Crippen LogP contribution in [0.1, 0.15) is 30.0 Å². The zero-order chi connectivity index (χ0) is 15.9. The molecule has 1 unspecified atom stereocenters. The molecule has 3 heterocycles. The van der Waals surface area contributed by atoms with E-state index in [1.165, 1.54) is 24.1 Å². The number of nitrogens with zero attached hydrogens (tertiary/aromatic N) is 3. The average Bonchev–Trinajstić information content (AvgIpc) is 2.86. The highest BCUT2D eigenvalue weighted by Gasteiger charge is 2.56. The highest BCUT2D eigenvalue weighted by Crippen LogP contribution is 2.56. The first-order chi connectivity index (χ1) is 11.2. The molecule has 2 aromatic rings. The second-order valence-corrected chi connectivity index (χ2v) is 8.29. The molecule has 4 nitrogen and oxygen atoms in total. The van der Waals surface area contributed by atoms with Crippen molar-refractivity contribution in [2.24, 2.45) is 12.5 Å². The predicted molar refractivity (Wildman–Crippen MR) is 94.7 cm³/mol. The number of piperidine rings is 1. The maximum Gasteiger partial charge on any atom is 0.122 e. The first-order valence-corrected chi connectivity index (χ1v) is 9.57. The molecule has 1 saturated carbocycles. The first kappa shape index (κ1) is 15.6. The third-order valence-electron chi connectivity index (χ3n) is 5.49. The van der Waals surface area contributed by atoms with Gasteiger partial charge in [-0.25, -0.2) is 4.98 Å². The molecule has 6 heteroatoms. The van der Waals surface area contributed by atoms with Gasteiger partial charge in [0.05, 0.1) is 11.6 Å². The van der Waals surface area contributed by atoms with Gasteiger partial charge in [-0.2, -0.15) is 0 Å². The lowest BCUT2D eigenvalue weighted by molar-refractivity contribution is 0.184. The number of halogens is 1. The van der Waals surface area contributed by atoms with Gasteiger partial charge in [-0.1, -0.05) is 11.6 Å². The van der Waals surface area contributed by atoms with Crippen LogP contribution >= 0.6 is 22.9 Å². The van der Waals surface area contributed by atoms with E-state index in [2.05, 4.69) is 32.2 Å². The summed E-state index contributed by atoms with van der Waals surface area (Å²) < 4.78 is 2.13. The van der Waals surface area contributed by atoms with E-state index in [-0.39, 0.29) is 0 Å². The third kappa shape index (κ3) is 3.07. The van der Waals surface area contributed by atoms with E-state index in [0.29, 0.717) is 11.5 Å². The minimum absolute atomic E-state index is 0.528. The Kier molecular flexibility index (Phi) is 4.22. The summed E-state index contributed by atoms with van der Waals surface area (Å²) in [5.74, 6) is 1.13. The zero-order valence-corrected chi connectivity index (χ0v) is 15.0. The lowest BCUT2D eigenvalue weighted by Gasteiger charge is -2.29. The maximum absolute atomic E-state index is 6.35. The van der Waals surface area contributed by atoms with E-state index in [1.807, 2.05) is 18.5 Å². The number of nitrogens with one attached hydrogen (secondary N) is 1. The molecular formula is C17H23ClN4S. The SMILES string of the molecule is Cn1ccnc1CN(Cc1sccc1Cl)C1CC12CCNCC2. The van der Waals surface area contributed by atoms with Crippen molar-refractivity contribution in [2.75, 3.05) is 13.1 Å². The van der Waals surface area contributed by atoms with Gasteiger partial charge in [0.15, 0.2) is 0 Å². The standard InChI is InChI=1S/C17H23ClN4S/c1-21-8-7-20-16(21)12-22(11-14-13(18)2-9-23-14)15-10-17(15)3-5-19-6-4-17/h2,7-9,15,19H,3-6,10-12H2,1H3. The average molecular weight is 351 g/mol. The zero-order valence-electron chi connectivity index (χ0n) is 13.5. The monoisotopic (exact) mass is 350 g/mol. The Balaban J connectivity index is 1.54. The van der Waals surface area contributed by atoms with Crippen LogP contribution in [0.25, 0.3) is 0 Å². The fourth-order valence-corrected chi connectivity index (χ4v) is 5.05. The van der Waals surface area contributed by atoms with Crippen molar-refractivity contribution in [3.05, 3.63) is 39.6 Å². The van der Waals surface area contributed by atoms with E-state index < -0.39 is 0 Å². The Morgan fingerprint density at radius 3 is 2.91 bits per heavy atom. The molecule has 2 aromatic heterocycles. The van der Waals surface area contributed by atoms with Crippen LogP contribution in [-0.2, 0) is 20.1 Å². The van der Waals surface area contributed by atoms with Gasteiger partial charge in [0, 0.05) is 36.9 Å². The molecule has 1 spiro atoms. The van der Waals surface area contributed by atoms with Crippen LogP contribution in [0.2, 0.25) is 5.02 Å². The van der Waals surface area contributed by atoms with Crippen LogP contribution in [0.5, 0.6) is 0 Å². The maximum atomic E-state index is 6.35. The van der Waals surface area contributed by atoms with Crippen LogP contribution in [0.3, 0.4) is 0 Å². The summed E-state index contributed by atoms with van der Waals surface area (Å²) in [5, 5.41) is 6.48. The number of aromatic nitrogens is 2. The second kappa shape index (κ2) is 6.20. The lowest BCUT2D eigenvalue weighted by atomic mass is 9.93. The minimum Gasteiger partial charge on any atom is -0.337 e. The van der Waals surface area contributed by atoms with Crippen LogP contribution in [0, 0.1) is 5.41 Å². The van der Waals surface area contributed by atoms with E-state index in [1.54, 1.807) is 11.3 Å². The van der Waals surface area contributed by atoms with Gasteiger partial charge in [0.25, 0.3) is 0 Å². The fourth-order valence-electron chi connectivity index (χ4n) is 3.93. The number of hydrogen-bond donors (Lipinski definition) is 1. The second-order valence-electron chi connectivity index (χ2n) is 6.88. The van der Waals surface area contributed by atoms with Gasteiger partial charge in [-0.05, 0) is 49.2 Å². The Hall–Kier alpha value is -0.880. The van der Waals surface area contributed by atoms with Crippen molar-refractivity contribution in [1.82, 2.24) is 19.8 Å². The van der Waals surface area contributed by atoms with Crippen molar-refractivity contribution >= 4 is 22.9 Å². The van der Waals surface area contributed by atoms with Gasteiger partial charge in [0.1, 0.15) is 5.82 Å². The van der Waals surface area contributed by atoms with E-state index in [9.17, 15) is 0 Å². The van der Waals surface area contributed by atoms with E-state index in [4.69, 9.17) is 11.6 Å². The van der Waals surface area contributed by atoms with Crippen molar-refractivity contribution < 1.29 is 0 Å². The summed E-state index contributed by atoms with van der Waals surface area (Å²) in [4.78, 5) is 8.41. The number of hydrogen-bond acceptors (Lipinski definition) is 4. The van der Waals surface area contributed by atoms with Gasteiger partial charge in [0.2, 0.25) is 0 Å². The predicted octanol–water partition coefficient (Wildman–Crippen LogP) is 3.28. The van der Waals surface area contributed by atoms with Gasteiger partial charge in [-0.3, -0.25) is 4.90 Å². The number of aryl methyl sites for hydroxylation is 1. The Morgan fingerprint density at radius 1 is 1.43 bits per heavy atom. The summed E-state index contributed by atoms with van der Waals surface area (Å²) in [6.45, 7) is 4.15.